The van der Waals surface area contributed by atoms with Crippen molar-refractivity contribution in [1.29, 1.82) is 0 Å². The first-order valence-electron chi connectivity index (χ1n) is 6.41. The van der Waals surface area contributed by atoms with Gasteiger partial charge in [-0.3, -0.25) is 4.79 Å². The number of unbranched alkanes of at least 4 members (excludes halogenated alkanes) is 1. The van der Waals surface area contributed by atoms with E-state index in [1.54, 1.807) is 0 Å². The van der Waals surface area contributed by atoms with Crippen molar-refractivity contribution in [3.63, 3.8) is 0 Å². The number of carbonyl (C=O) groups is 1. The van der Waals surface area contributed by atoms with Crippen LogP contribution in [-0.2, 0) is 13.0 Å². The Morgan fingerprint density at radius 2 is 2.00 bits per heavy atom. The highest BCUT2D eigenvalue weighted by atomic mass is 32.1. The molecular formula is C14H17N3OS. The molecule has 0 bridgehead atoms. The molecule has 0 spiro atoms. The van der Waals surface area contributed by atoms with Gasteiger partial charge in [0.1, 0.15) is 5.82 Å². The SMILES string of the molecule is CCCCn1c(S)nnc1CC(=O)c1ccccc1. The largest absolute Gasteiger partial charge is 0.306 e. The average molecular weight is 275 g/mol. The molecule has 1 aromatic heterocycles. The zero-order valence-corrected chi connectivity index (χ0v) is 11.8. The van der Waals surface area contributed by atoms with Crippen molar-refractivity contribution in [3.05, 3.63) is 41.7 Å². The Morgan fingerprint density at radius 1 is 1.26 bits per heavy atom. The summed E-state index contributed by atoms with van der Waals surface area (Å²) in [6.07, 6.45) is 2.37. The van der Waals surface area contributed by atoms with Crippen molar-refractivity contribution in [3.8, 4) is 0 Å². The smallest absolute Gasteiger partial charge is 0.188 e. The van der Waals surface area contributed by atoms with E-state index in [-0.39, 0.29) is 12.2 Å². The van der Waals surface area contributed by atoms with Gasteiger partial charge in [0.25, 0.3) is 0 Å². The molecule has 0 fully saturated rings. The fraction of sp³-hybridized carbons (Fsp3) is 0.357. The Bertz CT molecular complexity index is 551. The first-order valence-corrected chi connectivity index (χ1v) is 6.86. The highest BCUT2D eigenvalue weighted by molar-refractivity contribution is 7.80. The van der Waals surface area contributed by atoms with E-state index in [1.807, 2.05) is 34.9 Å². The standard InChI is InChI=1S/C14H17N3OS/c1-2-3-9-17-13(15-16-14(17)19)10-12(18)11-7-5-4-6-8-11/h4-8H,2-3,9-10H2,1H3,(H,16,19). The van der Waals surface area contributed by atoms with Crippen molar-refractivity contribution >= 4 is 18.4 Å². The van der Waals surface area contributed by atoms with Crippen molar-refractivity contribution in [1.82, 2.24) is 14.8 Å². The number of benzene rings is 1. The highest BCUT2D eigenvalue weighted by Crippen LogP contribution is 2.11. The quantitative estimate of drug-likeness (QED) is 0.651. The summed E-state index contributed by atoms with van der Waals surface area (Å²) in [5.74, 6) is 0.742. The van der Waals surface area contributed by atoms with Crippen LogP contribution < -0.4 is 0 Å². The molecule has 0 radical (unpaired) electrons. The molecule has 1 heterocycles. The normalized spacial score (nSPS) is 10.6. The number of ketones is 1. The summed E-state index contributed by atoms with van der Waals surface area (Å²) in [7, 11) is 0. The maximum atomic E-state index is 12.1. The summed E-state index contributed by atoms with van der Waals surface area (Å²) in [4.78, 5) is 12.1. The predicted octanol–water partition coefficient (Wildman–Crippen LogP) is 2.79. The number of hydrogen-bond acceptors (Lipinski definition) is 4. The van der Waals surface area contributed by atoms with Crippen LogP contribution in [0.25, 0.3) is 0 Å². The lowest BCUT2D eigenvalue weighted by molar-refractivity contribution is 0.0989. The Labute approximate surface area is 118 Å². The second kappa shape index (κ2) is 6.52. The van der Waals surface area contributed by atoms with E-state index in [0.29, 0.717) is 16.5 Å². The lowest BCUT2D eigenvalue weighted by Crippen LogP contribution is -2.11. The number of thiol groups is 1. The second-order valence-corrected chi connectivity index (χ2v) is 4.79. The maximum absolute atomic E-state index is 12.1. The molecule has 0 unspecified atom stereocenters. The molecule has 0 amide bonds. The molecular weight excluding hydrogens is 258 g/mol. The van der Waals surface area contributed by atoms with Gasteiger partial charge in [-0.15, -0.1) is 22.8 Å². The minimum Gasteiger partial charge on any atom is -0.306 e. The Morgan fingerprint density at radius 3 is 2.68 bits per heavy atom. The molecule has 4 nitrogen and oxygen atoms in total. The second-order valence-electron chi connectivity index (χ2n) is 4.39. The minimum atomic E-state index is 0.0547. The molecule has 5 heteroatoms. The summed E-state index contributed by atoms with van der Waals surface area (Å²) >= 11 is 4.28. The fourth-order valence-corrected chi connectivity index (χ4v) is 2.13. The third kappa shape index (κ3) is 3.44. The van der Waals surface area contributed by atoms with E-state index < -0.39 is 0 Å². The van der Waals surface area contributed by atoms with Gasteiger partial charge < -0.3 is 4.57 Å². The topological polar surface area (TPSA) is 47.8 Å². The summed E-state index contributed by atoms with van der Waals surface area (Å²) in [5.41, 5.74) is 0.702. The molecule has 2 rings (SSSR count). The highest BCUT2D eigenvalue weighted by Gasteiger charge is 2.14. The number of Topliss-reactive ketones (excluding diaryl/α,β-unsaturated/α-hetero) is 1. The molecule has 0 saturated carbocycles. The maximum Gasteiger partial charge on any atom is 0.188 e. The van der Waals surface area contributed by atoms with Crippen LogP contribution in [0.4, 0.5) is 0 Å². The van der Waals surface area contributed by atoms with Crippen LogP contribution in [0.3, 0.4) is 0 Å². The van der Waals surface area contributed by atoms with Crippen molar-refractivity contribution in [2.75, 3.05) is 0 Å². The van der Waals surface area contributed by atoms with E-state index in [9.17, 15) is 4.79 Å². The van der Waals surface area contributed by atoms with Crippen LogP contribution in [0.5, 0.6) is 0 Å². The summed E-state index contributed by atoms with van der Waals surface area (Å²) in [5, 5.41) is 8.56. The number of nitrogens with zero attached hydrogens (tertiary/aromatic N) is 3. The van der Waals surface area contributed by atoms with Crippen molar-refractivity contribution in [2.24, 2.45) is 0 Å². The molecule has 0 aliphatic carbocycles. The summed E-state index contributed by atoms with van der Waals surface area (Å²) < 4.78 is 1.91. The van der Waals surface area contributed by atoms with Gasteiger partial charge in [0.2, 0.25) is 0 Å². The van der Waals surface area contributed by atoms with E-state index >= 15 is 0 Å². The number of aromatic nitrogens is 3. The van der Waals surface area contributed by atoms with Gasteiger partial charge in [-0.2, -0.15) is 0 Å². The van der Waals surface area contributed by atoms with Crippen LogP contribution in [0, 0.1) is 0 Å². The number of hydrogen-bond donors (Lipinski definition) is 1. The lowest BCUT2D eigenvalue weighted by atomic mass is 10.1. The number of rotatable bonds is 6. The average Bonchev–Trinajstić information content (AvgIpc) is 2.78. The molecule has 0 N–H and O–H groups in total. The van der Waals surface area contributed by atoms with Gasteiger partial charge in [-0.1, -0.05) is 43.7 Å². The molecule has 1 aromatic carbocycles. The minimum absolute atomic E-state index is 0.0547. The van der Waals surface area contributed by atoms with Crippen molar-refractivity contribution < 1.29 is 4.79 Å². The molecule has 0 saturated heterocycles. The molecule has 0 aliphatic heterocycles. The Kier molecular flexibility index (Phi) is 4.74. The summed E-state index contributed by atoms with van der Waals surface area (Å²) in [6.45, 7) is 2.93. The van der Waals surface area contributed by atoms with E-state index in [2.05, 4.69) is 29.7 Å². The third-order valence-electron chi connectivity index (χ3n) is 2.96. The van der Waals surface area contributed by atoms with E-state index in [4.69, 9.17) is 0 Å². The fourth-order valence-electron chi connectivity index (χ4n) is 1.87. The third-order valence-corrected chi connectivity index (χ3v) is 3.29. The monoisotopic (exact) mass is 275 g/mol. The van der Waals surface area contributed by atoms with Crippen LogP contribution in [0.15, 0.2) is 35.5 Å². The number of carbonyl (C=O) groups excluding carboxylic acids is 1. The van der Waals surface area contributed by atoms with Crippen LogP contribution >= 0.6 is 12.6 Å². The van der Waals surface area contributed by atoms with E-state index in [1.165, 1.54) is 0 Å². The first-order chi connectivity index (χ1) is 9.22. The van der Waals surface area contributed by atoms with Crippen molar-refractivity contribution in [2.45, 2.75) is 37.9 Å². The van der Waals surface area contributed by atoms with Gasteiger partial charge in [-0.05, 0) is 6.42 Å². The van der Waals surface area contributed by atoms with Gasteiger partial charge in [0.15, 0.2) is 10.9 Å². The summed E-state index contributed by atoms with van der Waals surface area (Å²) in [6, 6.07) is 9.25. The van der Waals surface area contributed by atoms with E-state index in [0.717, 1.165) is 19.4 Å². The zero-order valence-electron chi connectivity index (χ0n) is 10.9. The lowest BCUT2D eigenvalue weighted by Gasteiger charge is -2.06. The van der Waals surface area contributed by atoms with Crippen LogP contribution in [0.2, 0.25) is 0 Å². The van der Waals surface area contributed by atoms with Gasteiger partial charge >= 0.3 is 0 Å². The molecule has 100 valence electrons. The molecule has 2 aromatic rings. The van der Waals surface area contributed by atoms with Gasteiger partial charge in [-0.25, -0.2) is 0 Å². The van der Waals surface area contributed by atoms with Gasteiger partial charge in [0, 0.05) is 12.1 Å². The molecule has 19 heavy (non-hydrogen) atoms. The van der Waals surface area contributed by atoms with Gasteiger partial charge in [0.05, 0.1) is 6.42 Å². The zero-order chi connectivity index (χ0) is 13.7. The first kappa shape index (κ1) is 13.8. The van der Waals surface area contributed by atoms with Crippen LogP contribution in [0.1, 0.15) is 35.9 Å². The molecule has 0 aliphatic rings. The Hall–Kier alpha value is -1.62. The van der Waals surface area contributed by atoms with Crippen LogP contribution in [-0.4, -0.2) is 20.5 Å². The predicted molar refractivity (Wildman–Crippen MR) is 76.7 cm³/mol. The Balaban J connectivity index is 2.13. The molecule has 0 atom stereocenters.